The van der Waals surface area contributed by atoms with Crippen LogP contribution in [-0.2, 0) is 0 Å². The summed E-state index contributed by atoms with van der Waals surface area (Å²) >= 11 is 0. The Labute approximate surface area is 209 Å². The van der Waals surface area contributed by atoms with Crippen molar-refractivity contribution in [3.8, 4) is 0 Å². The van der Waals surface area contributed by atoms with Gasteiger partial charge in [0, 0.05) is 83.6 Å². The first kappa shape index (κ1) is 28.7. The summed E-state index contributed by atoms with van der Waals surface area (Å²) in [5.41, 5.74) is -0.0263. The highest BCUT2D eigenvalue weighted by molar-refractivity contribution is 5.74. The summed E-state index contributed by atoms with van der Waals surface area (Å²) in [6, 6.07) is 1.77. The molecule has 0 saturated carbocycles. The van der Waals surface area contributed by atoms with Gasteiger partial charge in [0.1, 0.15) is 0 Å². The SMILES string of the molecule is CC(C)N(C)C(=O)N1CCCC(N(C)C(C)(C)CN(C(C)C)C2CCN(C(=O)N(C)C)CC2)C1. The number of rotatable bonds is 7. The number of piperidine rings is 2. The van der Waals surface area contributed by atoms with E-state index in [0.29, 0.717) is 18.1 Å². The number of amides is 4. The van der Waals surface area contributed by atoms with Gasteiger partial charge in [-0.15, -0.1) is 0 Å². The minimum Gasteiger partial charge on any atom is -0.331 e. The standard InChI is InChI=1S/C26H52N6O2/c1-20(2)28(9)25(34)31-15-11-12-23(18-31)29(10)26(5,6)19-32(21(3)4)22-13-16-30(17-14-22)24(33)27(7)8/h20-23H,11-19H2,1-10H3. The van der Waals surface area contributed by atoms with Crippen LogP contribution in [0.3, 0.4) is 0 Å². The molecule has 1 unspecified atom stereocenters. The van der Waals surface area contributed by atoms with E-state index in [1.165, 1.54) is 0 Å². The van der Waals surface area contributed by atoms with Crippen molar-refractivity contribution in [1.29, 1.82) is 0 Å². The van der Waals surface area contributed by atoms with E-state index in [4.69, 9.17) is 0 Å². The predicted octanol–water partition coefficient (Wildman–Crippen LogP) is 3.48. The van der Waals surface area contributed by atoms with Gasteiger partial charge in [0.25, 0.3) is 0 Å². The second kappa shape index (κ2) is 11.9. The van der Waals surface area contributed by atoms with Crippen molar-refractivity contribution in [2.45, 2.75) is 96.9 Å². The molecule has 0 aromatic rings. The first-order valence-corrected chi connectivity index (χ1v) is 13.2. The second-order valence-electron chi connectivity index (χ2n) is 11.8. The molecular weight excluding hydrogens is 428 g/mol. The molecule has 0 N–H and O–H groups in total. The van der Waals surface area contributed by atoms with Crippen molar-refractivity contribution >= 4 is 12.1 Å². The Morgan fingerprint density at radius 2 is 1.41 bits per heavy atom. The quantitative estimate of drug-likeness (QED) is 0.560. The van der Waals surface area contributed by atoms with Crippen LogP contribution in [0.25, 0.3) is 0 Å². The highest BCUT2D eigenvalue weighted by Gasteiger charge is 2.38. The zero-order chi connectivity index (χ0) is 25.8. The van der Waals surface area contributed by atoms with E-state index < -0.39 is 0 Å². The van der Waals surface area contributed by atoms with Crippen molar-refractivity contribution in [2.75, 3.05) is 60.9 Å². The Morgan fingerprint density at radius 1 is 0.824 bits per heavy atom. The van der Waals surface area contributed by atoms with Crippen LogP contribution in [0.15, 0.2) is 0 Å². The molecule has 0 bridgehead atoms. The lowest BCUT2D eigenvalue weighted by atomic mass is 9.93. The zero-order valence-corrected chi connectivity index (χ0v) is 23.7. The average molecular weight is 481 g/mol. The molecular formula is C26H52N6O2. The van der Waals surface area contributed by atoms with Crippen LogP contribution >= 0.6 is 0 Å². The molecule has 0 spiro atoms. The first-order chi connectivity index (χ1) is 15.8. The van der Waals surface area contributed by atoms with Crippen LogP contribution in [0.2, 0.25) is 0 Å². The fourth-order valence-electron chi connectivity index (χ4n) is 5.35. The van der Waals surface area contributed by atoms with Crippen LogP contribution < -0.4 is 0 Å². The molecule has 8 heteroatoms. The number of likely N-dealkylation sites (N-methyl/N-ethyl adjacent to an activating group) is 1. The summed E-state index contributed by atoms with van der Waals surface area (Å²) in [6.45, 7) is 17.7. The summed E-state index contributed by atoms with van der Waals surface area (Å²) in [7, 11) is 7.80. The molecule has 0 aliphatic carbocycles. The van der Waals surface area contributed by atoms with Crippen molar-refractivity contribution in [1.82, 2.24) is 29.4 Å². The summed E-state index contributed by atoms with van der Waals surface area (Å²) in [6.07, 6.45) is 4.21. The third-order valence-electron chi connectivity index (χ3n) is 8.07. The van der Waals surface area contributed by atoms with E-state index >= 15 is 0 Å². The van der Waals surface area contributed by atoms with Crippen LogP contribution in [0.5, 0.6) is 0 Å². The number of carbonyl (C=O) groups excluding carboxylic acids is 2. The van der Waals surface area contributed by atoms with E-state index in [-0.39, 0.29) is 23.6 Å². The molecule has 0 aromatic heterocycles. The first-order valence-electron chi connectivity index (χ1n) is 13.2. The van der Waals surface area contributed by atoms with Gasteiger partial charge in [-0.2, -0.15) is 0 Å². The summed E-state index contributed by atoms with van der Waals surface area (Å²) in [5.74, 6) is 0. The van der Waals surface area contributed by atoms with Crippen molar-refractivity contribution in [3.63, 3.8) is 0 Å². The van der Waals surface area contributed by atoms with Crippen LogP contribution in [0.1, 0.15) is 67.2 Å². The normalized spacial score (nSPS) is 20.6. The number of hydrogen-bond donors (Lipinski definition) is 0. The molecule has 8 nitrogen and oxygen atoms in total. The predicted molar refractivity (Wildman–Crippen MR) is 140 cm³/mol. The molecule has 34 heavy (non-hydrogen) atoms. The van der Waals surface area contributed by atoms with Crippen LogP contribution in [-0.4, -0.2) is 132 Å². The Balaban J connectivity index is 2.03. The van der Waals surface area contributed by atoms with Crippen molar-refractivity contribution < 1.29 is 9.59 Å². The zero-order valence-electron chi connectivity index (χ0n) is 23.7. The number of carbonyl (C=O) groups is 2. The average Bonchev–Trinajstić information content (AvgIpc) is 2.80. The molecule has 0 aromatic carbocycles. The van der Waals surface area contributed by atoms with Gasteiger partial charge in [-0.05, 0) is 74.3 Å². The molecule has 2 rings (SSSR count). The Hall–Kier alpha value is -1.54. The molecule has 198 valence electrons. The number of likely N-dealkylation sites (tertiary alicyclic amines) is 2. The van der Waals surface area contributed by atoms with Gasteiger partial charge in [0.2, 0.25) is 0 Å². The van der Waals surface area contributed by atoms with Gasteiger partial charge >= 0.3 is 12.1 Å². The van der Waals surface area contributed by atoms with Gasteiger partial charge in [-0.25, -0.2) is 9.59 Å². The summed E-state index contributed by atoms with van der Waals surface area (Å²) in [5, 5.41) is 0. The fraction of sp³-hybridized carbons (Fsp3) is 0.923. The topological polar surface area (TPSA) is 53.6 Å². The monoisotopic (exact) mass is 480 g/mol. The van der Waals surface area contributed by atoms with E-state index in [0.717, 1.165) is 58.4 Å². The molecule has 2 saturated heterocycles. The number of hydrogen-bond acceptors (Lipinski definition) is 4. The van der Waals surface area contributed by atoms with Gasteiger partial charge in [-0.1, -0.05) is 0 Å². The van der Waals surface area contributed by atoms with Gasteiger partial charge < -0.3 is 19.6 Å². The van der Waals surface area contributed by atoms with Gasteiger partial charge in [0.15, 0.2) is 0 Å². The smallest absolute Gasteiger partial charge is 0.320 e. The Kier molecular flexibility index (Phi) is 10.1. The molecule has 2 aliphatic heterocycles. The molecule has 2 fully saturated rings. The van der Waals surface area contributed by atoms with E-state index in [2.05, 4.69) is 58.4 Å². The second-order valence-corrected chi connectivity index (χ2v) is 11.8. The lowest BCUT2D eigenvalue weighted by Gasteiger charge is -2.50. The van der Waals surface area contributed by atoms with Crippen molar-refractivity contribution in [2.24, 2.45) is 0 Å². The number of urea groups is 2. The van der Waals surface area contributed by atoms with Gasteiger partial charge in [-0.3, -0.25) is 9.80 Å². The summed E-state index contributed by atoms with van der Waals surface area (Å²) < 4.78 is 0. The Morgan fingerprint density at radius 3 is 1.91 bits per heavy atom. The highest BCUT2D eigenvalue weighted by atomic mass is 16.2. The molecule has 4 amide bonds. The molecule has 0 radical (unpaired) electrons. The highest BCUT2D eigenvalue weighted by Crippen LogP contribution is 2.28. The van der Waals surface area contributed by atoms with E-state index in [9.17, 15) is 9.59 Å². The molecule has 2 heterocycles. The lowest BCUT2D eigenvalue weighted by Crippen LogP contribution is -2.61. The minimum absolute atomic E-state index is 0.0263. The van der Waals surface area contributed by atoms with Crippen LogP contribution in [0.4, 0.5) is 9.59 Å². The maximum atomic E-state index is 12.9. The van der Waals surface area contributed by atoms with E-state index in [1.54, 1.807) is 4.90 Å². The maximum absolute atomic E-state index is 12.9. The summed E-state index contributed by atoms with van der Waals surface area (Å²) in [4.78, 5) is 38.0. The maximum Gasteiger partial charge on any atom is 0.320 e. The lowest BCUT2D eigenvalue weighted by molar-refractivity contribution is 0.000101. The third kappa shape index (κ3) is 7.00. The third-order valence-corrected chi connectivity index (χ3v) is 8.07. The molecule has 1 atom stereocenters. The van der Waals surface area contributed by atoms with Crippen LogP contribution in [0, 0.1) is 0 Å². The van der Waals surface area contributed by atoms with Gasteiger partial charge in [0.05, 0.1) is 0 Å². The number of nitrogens with zero attached hydrogens (tertiary/aromatic N) is 6. The molecule has 2 aliphatic rings. The van der Waals surface area contributed by atoms with E-state index in [1.807, 2.05) is 35.8 Å². The fourth-order valence-corrected chi connectivity index (χ4v) is 5.35. The largest absolute Gasteiger partial charge is 0.331 e. The Bertz CT molecular complexity index is 672. The van der Waals surface area contributed by atoms with Crippen molar-refractivity contribution in [3.05, 3.63) is 0 Å². The minimum atomic E-state index is -0.0263.